The van der Waals surface area contributed by atoms with Crippen molar-refractivity contribution in [2.75, 3.05) is 12.4 Å². The quantitative estimate of drug-likeness (QED) is 0.706. The summed E-state index contributed by atoms with van der Waals surface area (Å²) in [5.41, 5.74) is 3.59. The van der Waals surface area contributed by atoms with Gasteiger partial charge in [0.25, 0.3) is 0 Å². The lowest BCUT2D eigenvalue weighted by atomic mass is 9.79. The molecule has 130 valence electrons. The van der Waals surface area contributed by atoms with Crippen molar-refractivity contribution in [2.24, 2.45) is 0 Å². The molecule has 3 nitrogen and oxygen atoms in total. The number of benzene rings is 2. The van der Waals surface area contributed by atoms with Gasteiger partial charge in [-0.05, 0) is 47.2 Å². The van der Waals surface area contributed by atoms with Crippen LogP contribution in [0, 0.1) is 0 Å². The predicted octanol–water partition coefficient (Wildman–Crippen LogP) is 5.74. The van der Waals surface area contributed by atoms with Gasteiger partial charge in [0.15, 0.2) is 0 Å². The van der Waals surface area contributed by atoms with Crippen LogP contribution in [0.25, 0.3) is 0 Å². The number of phenolic OH excluding ortho intramolecular Hbond substituents is 1. The van der Waals surface area contributed by atoms with Crippen LogP contribution in [0.1, 0.15) is 52.7 Å². The molecule has 0 saturated heterocycles. The molecule has 0 amide bonds. The van der Waals surface area contributed by atoms with E-state index < -0.39 is 0 Å². The van der Waals surface area contributed by atoms with Crippen LogP contribution in [0.15, 0.2) is 36.4 Å². The summed E-state index contributed by atoms with van der Waals surface area (Å²) in [5.74, 6) is 1.23. The molecule has 0 saturated carbocycles. The van der Waals surface area contributed by atoms with Crippen molar-refractivity contribution >= 4 is 11.4 Å². The maximum absolute atomic E-state index is 10.8. The Morgan fingerprint density at radius 2 is 1.25 bits per heavy atom. The summed E-state index contributed by atoms with van der Waals surface area (Å²) in [6, 6.07) is 11.9. The van der Waals surface area contributed by atoms with Crippen LogP contribution < -0.4 is 10.1 Å². The molecular formula is C21H29NO2. The number of ether oxygens (including phenoxy) is 1. The Bertz CT molecular complexity index is 669. The van der Waals surface area contributed by atoms with Crippen molar-refractivity contribution in [2.45, 2.75) is 52.4 Å². The SMILES string of the molecule is COc1ccc(Nc2cc(C(C)(C)C)c(O)c(C(C)(C)C)c2)cc1. The molecule has 0 aliphatic heterocycles. The summed E-state index contributed by atoms with van der Waals surface area (Å²) >= 11 is 0. The molecule has 0 unspecified atom stereocenters. The second kappa shape index (κ2) is 6.39. The minimum Gasteiger partial charge on any atom is -0.507 e. The second-order valence-electron chi connectivity index (χ2n) is 8.27. The van der Waals surface area contributed by atoms with Gasteiger partial charge in [-0.2, -0.15) is 0 Å². The van der Waals surface area contributed by atoms with E-state index in [0.717, 1.165) is 28.3 Å². The number of aromatic hydroxyl groups is 1. The lowest BCUT2D eigenvalue weighted by Gasteiger charge is -2.28. The Kier molecular flexibility index (Phi) is 4.84. The number of nitrogens with one attached hydrogen (secondary N) is 1. The molecule has 0 radical (unpaired) electrons. The first-order valence-electron chi connectivity index (χ1n) is 8.31. The lowest BCUT2D eigenvalue weighted by Crippen LogP contribution is -2.17. The van der Waals surface area contributed by atoms with Crippen molar-refractivity contribution < 1.29 is 9.84 Å². The molecule has 2 aromatic carbocycles. The summed E-state index contributed by atoms with van der Waals surface area (Å²) in [7, 11) is 1.66. The largest absolute Gasteiger partial charge is 0.507 e. The molecule has 0 atom stereocenters. The molecule has 0 fully saturated rings. The zero-order valence-electron chi connectivity index (χ0n) is 15.8. The highest BCUT2D eigenvalue weighted by atomic mass is 16.5. The van der Waals surface area contributed by atoms with E-state index in [4.69, 9.17) is 4.74 Å². The van der Waals surface area contributed by atoms with E-state index in [2.05, 4.69) is 46.9 Å². The number of rotatable bonds is 3. The zero-order chi connectivity index (χ0) is 18.1. The van der Waals surface area contributed by atoms with Gasteiger partial charge < -0.3 is 15.2 Å². The normalized spacial score (nSPS) is 12.1. The smallest absolute Gasteiger partial charge is 0.123 e. The van der Waals surface area contributed by atoms with Crippen molar-refractivity contribution in [3.8, 4) is 11.5 Å². The predicted molar refractivity (Wildman–Crippen MR) is 102 cm³/mol. The van der Waals surface area contributed by atoms with Gasteiger partial charge in [-0.3, -0.25) is 0 Å². The van der Waals surface area contributed by atoms with Crippen LogP contribution in [0.2, 0.25) is 0 Å². The average molecular weight is 327 g/mol. The molecule has 0 spiro atoms. The third-order valence-corrected chi connectivity index (χ3v) is 4.10. The van der Waals surface area contributed by atoms with Gasteiger partial charge >= 0.3 is 0 Å². The summed E-state index contributed by atoms with van der Waals surface area (Å²) in [6.45, 7) is 12.7. The minimum atomic E-state index is -0.137. The first kappa shape index (κ1) is 18.2. The van der Waals surface area contributed by atoms with E-state index >= 15 is 0 Å². The highest BCUT2D eigenvalue weighted by Gasteiger charge is 2.26. The zero-order valence-corrected chi connectivity index (χ0v) is 15.8. The molecule has 0 aromatic heterocycles. The maximum atomic E-state index is 10.8. The van der Waals surface area contributed by atoms with Crippen LogP contribution in [0.3, 0.4) is 0 Å². The first-order valence-corrected chi connectivity index (χ1v) is 8.31. The molecule has 0 aliphatic rings. The van der Waals surface area contributed by atoms with Crippen molar-refractivity contribution in [1.29, 1.82) is 0 Å². The molecule has 2 aromatic rings. The molecule has 0 bridgehead atoms. The van der Waals surface area contributed by atoms with Crippen LogP contribution in [-0.4, -0.2) is 12.2 Å². The summed E-state index contributed by atoms with van der Waals surface area (Å²) in [6.07, 6.45) is 0. The second-order valence-corrected chi connectivity index (χ2v) is 8.27. The minimum absolute atomic E-state index is 0.137. The van der Waals surface area contributed by atoms with E-state index in [-0.39, 0.29) is 10.8 Å². The van der Waals surface area contributed by atoms with E-state index in [1.54, 1.807) is 7.11 Å². The van der Waals surface area contributed by atoms with Gasteiger partial charge in [-0.25, -0.2) is 0 Å². The van der Waals surface area contributed by atoms with Gasteiger partial charge in [0.05, 0.1) is 7.11 Å². The number of phenols is 1. The molecule has 2 rings (SSSR count). The number of methoxy groups -OCH3 is 1. The Morgan fingerprint density at radius 1 is 0.792 bits per heavy atom. The highest BCUT2D eigenvalue weighted by Crippen LogP contribution is 2.41. The van der Waals surface area contributed by atoms with Gasteiger partial charge in [0.1, 0.15) is 11.5 Å². The maximum Gasteiger partial charge on any atom is 0.123 e. The Labute approximate surface area is 145 Å². The topological polar surface area (TPSA) is 41.5 Å². The van der Waals surface area contributed by atoms with E-state index in [9.17, 15) is 5.11 Å². The fraction of sp³-hybridized carbons (Fsp3) is 0.429. The summed E-state index contributed by atoms with van der Waals surface area (Å²) < 4.78 is 5.20. The third kappa shape index (κ3) is 4.02. The fourth-order valence-electron chi connectivity index (χ4n) is 2.69. The number of hydrogen-bond acceptors (Lipinski definition) is 3. The number of hydrogen-bond donors (Lipinski definition) is 2. The fourth-order valence-corrected chi connectivity index (χ4v) is 2.69. The van der Waals surface area contributed by atoms with Gasteiger partial charge in [0.2, 0.25) is 0 Å². The van der Waals surface area contributed by atoms with E-state index in [1.165, 1.54) is 0 Å². The molecule has 24 heavy (non-hydrogen) atoms. The average Bonchev–Trinajstić information content (AvgIpc) is 2.47. The lowest BCUT2D eigenvalue weighted by molar-refractivity contribution is 0.415. The van der Waals surface area contributed by atoms with Crippen LogP contribution >= 0.6 is 0 Å². The molecule has 0 heterocycles. The van der Waals surface area contributed by atoms with Crippen LogP contribution in [0.5, 0.6) is 11.5 Å². The summed E-state index contributed by atoms with van der Waals surface area (Å²) in [5, 5.41) is 14.2. The third-order valence-electron chi connectivity index (χ3n) is 4.10. The van der Waals surface area contributed by atoms with E-state index in [0.29, 0.717) is 5.75 Å². The van der Waals surface area contributed by atoms with E-state index in [1.807, 2.05) is 36.4 Å². The number of anilines is 2. The van der Waals surface area contributed by atoms with Crippen molar-refractivity contribution in [3.05, 3.63) is 47.5 Å². The Morgan fingerprint density at radius 3 is 1.62 bits per heavy atom. The van der Waals surface area contributed by atoms with Crippen LogP contribution in [-0.2, 0) is 10.8 Å². The first-order chi connectivity index (χ1) is 11.0. The van der Waals surface area contributed by atoms with Crippen molar-refractivity contribution in [1.82, 2.24) is 0 Å². The molecule has 3 heteroatoms. The van der Waals surface area contributed by atoms with Crippen molar-refractivity contribution in [3.63, 3.8) is 0 Å². The molecular weight excluding hydrogens is 298 g/mol. The standard InChI is InChI=1S/C21H29NO2/c1-20(2,3)17-12-15(13-18(19(17)23)21(4,5)6)22-14-8-10-16(24-7)11-9-14/h8-13,22-23H,1-7H3. The molecule has 0 aliphatic carbocycles. The van der Waals surface area contributed by atoms with Crippen LogP contribution in [0.4, 0.5) is 11.4 Å². The molecule has 2 N–H and O–H groups in total. The van der Waals surface area contributed by atoms with Gasteiger partial charge in [0, 0.05) is 22.5 Å². The van der Waals surface area contributed by atoms with Gasteiger partial charge in [-0.15, -0.1) is 0 Å². The Balaban J connectivity index is 2.49. The van der Waals surface area contributed by atoms with Gasteiger partial charge in [-0.1, -0.05) is 41.5 Å². The highest BCUT2D eigenvalue weighted by molar-refractivity contribution is 5.66. The Hall–Kier alpha value is -2.16. The summed E-state index contributed by atoms with van der Waals surface area (Å²) in [4.78, 5) is 0. The monoisotopic (exact) mass is 327 g/mol.